The molecular weight excluding hydrogens is 202 g/mol. The molecule has 0 amide bonds. The Labute approximate surface area is 96.3 Å². The second-order valence-electron chi connectivity index (χ2n) is 4.50. The van der Waals surface area contributed by atoms with E-state index in [-0.39, 0.29) is 0 Å². The predicted octanol–water partition coefficient (Wildman–Crippen LogP) is 2.41. The molecule has 1 N–H and O–H groups in total. The molecule has 0 aliphatic heterocycles. The van der Waals surface area contributed by atoms with Gasteiger partial charge in [-0.15, -0.1) is 0 Å². The Morgan fingerprint density at radius 2 is 2.12 bits per heavy atom. The minimum absolute atomic E-state index is 0.444. The Hall–Kier alpha value is -1.53. The Kier molecular flexibility index (Phi) is 3.92. The molecule has 0 bridgehead atoms. The third-order valence-electron chi connectivity index (χ3n) is 2.29. The lowest BCUT2D eigenvalue weighted by molar-refractivity contribution is 0.0552. The molecule has 0 saturated carbocycles. The smallest absolute Gasteiger partial charge is 0.123 e. The molecular formula is C13H17NO2. The van der Waals surface area contributed by atoms with Gasteiger partial charge in [0, 0.05) is 6.42 Å². The lowest BCUT2D eigenvalue weighted by Gasteiger charge is -2.17. The minimum Gasteiger partial charge on any atom is -0.493 e. The molecule has 0 unspecified atom stereocenters. The highest BCUT2D eigenvalue weighted by Gasteiger charge is 2.12. The SMILES string of the molecule is Cc1ccc(C#N)cc1OCCC(C)(C)O. The van der Waals surface area contributed by atoms with E-state index in [4.69, 9.17) is 10.00 Å². The number of nitrogens with zero attached hydrogens (tertiary/aromatic N) is 1. The maximum atomic E-state index is 9.53. The van der Waals surface area contributed by atoms with E-state index in [2.05, 4.69) is 6.07 Å². The molecule has 0 aromatic heterocycles. The van der Waals surface area contributed by atoms with Gasteiger partial charge >= 0.3 is 0 Å². The molecule has 0 fully saturated rings. The van der Waals surface area contributed by atoms with Gasteiger partial charge in [0.1, 0.15) is 5.75 Å². The largest absolute Gasteiger partial charge is 0.493 e. The summed E-state index contributed by atoms with van der Waals surface area (Å²) in [5.74, 6) is 0.711. The van der Waals surface area contributed by atoms with Gasteiger partial charge in [-0.1, -0.05) is 6.07 Å². The Balaban J connectivity index is 2.64. The molecule has 0 saturated heterocycles. The lowest BCUT2D eigenvalue weighted by atomic mass is 10.1. The zero-order chi connectivity index (χ0) is 12.2. The maximum Gasteiger partial charge on any atom is 0.123 e. The van der Waals surface area contributed by atoms with Gasteiger partial charge < -0.3 is 9.84 Å². The summed E-state index contributed by atoms with van der Waals surface area (Å²) in [6.07, 6.45) is 0.559. The van der Waals surface area contributed by atoms with Crippen LogP contribution in [0.25, 0.3) is 0 Å². The molecule has 3 heteroatoms. The number of hydrogen-bond acceptors (Lipinski definition) is 3. The van der Waals surface area contributed by atoms with Gasteiger partial charge in [0.15, 0.2) is 0 Å². The fraction of sp³-hybridized carbons (Fsp3) is 0.462. The molecule has 1 aromatic rings. The minimum atomic E-state index is -0.721. The van der Waals surface area contributed by atoms with Crippen molar-refractivity contribution in [2.24, 2.45) is 0 Å². The molecule has 0 radical (unpaired) electrons. The number of ether oxygens (including phenoxy) is 1. The molecule has 1 aromatic carbocycles. The van der Waals surface area contributed by atoms with Gasteiger partial charge in [0.25, 0.3) is 0 Å². The lowest BCUT2D eigenvalue weighted by Crippen LogP contribution is -2.21. The van der Waals surface area contributed by atoms with Crippen LogP contribution < -0.4 is 4.74 Å². The van der Waals surface area contributed by atoms with Crippen molar-refractivity contribution in [1.82, 2.24) is 0 Å². The molecule has 1 rings (SSSR count). The highest BCUT2D eigenvalue weighted by Crippen LogP contribution is 2.20. The molecule has 0 heterocycles. The van der Waals surface area contributed by atoms with Crippen molar-refractivity contribution in [1.29, 1.82) is 5.26 Å². The topological polar surface area (TPSA) is 53.2 Å². The van der Waals surface area contributed by atoms with Crippen LogP contribution in [0.4, 0.5) is 0 Å². The highest BCUT2D eigenvalue weighted by atomic mass is 16.5. The molecule has 86 valence electrons. The summed E-state index contributed by atoms with van der Waals surface area (Å²) in [7, 11) is 0. The first-order valence-corrected chi connectivity index (χ1v) is 5.28. The van der Waals surface area contributed by atoms with E-state index < -0.39 is 5.60 Å². The monoisotopic (exact) mass is 219 g/mol. The fourth-order valence-corrected chi connectivity index (χ4v) is 1.24. The summed E-state index contributed by atoms with van der Waals surface area (Å²) in [5.41, 5.74) is 0.861. The second kappa shape index (κ2) is 5.00. The Morgan fingerprint density at radius 1 is 1.44 bits per heavy atom. The number of aryl methyl sites for hydroxylation is 1. The third-order valence-corrected chi connectivity index (χ3v) is 2.29. The third kappa shape index (κ3) is 3.92. The normalized spacial score (nSPS) is 10.9. The van der Waals surface area contributed by atoms with Crippen molar-refractivity contribution in [3.63, 3.8) is 0 Å². The van der Waals surface area contributed by atoms with Crippen molar-refractivity contribution in [2.45, 2.75) is 32.8 Å². The number of nitriles is 1. The number of hydrogen-bond donors (Lipinski definition) is 1. The molecule has 16 heavy (non-hydrogen) atoms. The van der Waals surface area contributed by atoms with E-state index >= 15 is 0 Å². The number of aliphatic hydroxyl groups is 1. The van der Waals surface area contributed by atoms with Crippen molar-refractivity contribution >= 4 is 0 Å². The summed E-state index contributed by atoms with van der Waals surface area (Å²) in [4.78, 5) is 0. The van der Waals surface area contributed by atoms with Crippen LogP contribution in [0.5, 0.6) is 5.75 Å². The summed E-state index contributed by atoms with van der Waals surface area (Å²) < 4.78 is 5.54. The summed E-state index contributed by atoms with van der Waals surface area (Å²) in [6, 6.07) is 7.41. The van der Waals surface area contributed by atoms with E-state index in [1.165, 1.54) is 0 Å². The van der Waals surface area contributed by atoms with Crippen LogP contribution in [0, 0.1) is 18.3 Å². The van der Waals surface area contributed by atoms with Crippen molar-refractivity contribution < 1.29 is 9.84 Å². The summed E-state index contributed by atoms with van der Waals surface area (Å²) in [5, 5.41) is 18.3. The zero-order valence-corrected chi connectivity index (χ0v) is 9.95. The van der Waals surface area contributed by atoms with Crippen LogP contribution in [0.15, 0.2) is 18.2 Å². The Bertz CT molecular complexity index is 399. The fourth-order valence-electron chi connectivity index (χ4n) is 1.24. The van der Waals surface area contributed by atoms with E-state index in [0.29, 0.717) is 24.3 Å². The second-order valence-corrected chi connectivity index (χ2v) is 4.50. The summed E-state index contributed by atoms with van der Waals surface area (Å²) in [6.45, 7) is 5.86. The van der Waals surface area contributed by atoms with Crippen LogP contribution in [0.2, 0.25) is 0 Å². The van der Waals surface area contributed by atoms with Gasteiger partial charge in [0.05, 0.1) is 23.8 Å². The average molecular weight is 219 g/mol. The standard InChI is InChI=1S/C13H17NO2/c1-10-4-5-11(9-14)8-12(10)16-7-6-13(2,3)15/h4-5,8,15H,6-7H2,1-3H3. The Morgan fingerprint density at radius 3 is 2.69 bits per heavy atom. The van der Waals surface area contributed by atoms with Crippen LogP contribution in [-0.4, -0.2) is 17.3 Å². The van der Waals surface area contributed by atoms with Gasteiger partial charge in [0.2, 0.25) is 0 Å². The molecule has 0 aliphatic rings. The van der Waals surface area contributed by atoms with Crippen LogP contribution in [0.3, 0.4) is 0 Å². The number of benzene rings is 1. The number of rotatable bonds is 4. The van der Waals surface area contributed by atoms with Gasteiger partial charge in [-0.25, -0.2) is 0 Å². The van der Waals surface area contributed by atoms with E-state index in [1.807, 2.05) is 13.0 Å². The first-order chi connectivity index (χ1) is 7.42. The van der Waals surface area contributed by atoms with Gasteiger partial charge in [-0.3, -0.25) is 0 Å². The van der Waals surface area contributed by atoms with E-state index in [0.717, 1.165) is 5.56 Å². The van der Waals surface area contributed by atoms with Crippen LogP contribution in [0.1, 0.15) is 31.4 Å². The van der Waals surface area contributed by atoms with Crippen LogP contribution >= 0.6 is 0 Å². The molecule has 0 spiro atoms. The van der Waals surface area contributed by atoms with Crippen LogP contribution in [-0.2, 0) is 0 Å². The van der Waals surface area contributed by atoms with Crippen molar-refractivity contribution in [3.8, 4) is 11.8 Å². The maximum absolute atomic E-state index is 9.53. The average Bonchev–Trinajstić information content (AvgIpc) is 2.19. The first-order valence-electron chi connectivity index (χ1n) is 5.28. The van der Waals surface area contributed by atoms with Crippen molar-refractivity contribution in [2.75, 3.05) is 6.61 Å². The predicted molar refractivity (Wildman–Crippen MR) is 62.3 cm³/mol. The molecule has 0 atom stereocenters. The van der Waals surface area contributed by atoms with E-state index in [1.54, 1.807) is 26.0 Å². The van der Waals surface area contributed by atoms with Gasteiger partial charge in [-0.05, 0) is 38.5 Å². The van der Waals surface area contributed by atoms with E-state index in [9.17, 15) is 5.11 Å². The molecule has 3 nitrogen and oxygen atoms in total. The van der Waals surface area contributed by atoms with Gasteiger partial charge in [-0.2, -0.15) is 5.26 Å². The first kappa shape index (κ1) is 12.5. The molecule has 0 aliphatic carbocycles. The summed E-state index contributed by atoms with van der Waals surface area (Å²) >= 11 is 0. The van der Waals surface area contributed by atoms with Crippen molar-refractivity contribution in [3.05, 3.63) is 29.3 Å². The zero-order valence-electron chi connectivity index (χ0n) is 9.95. The quantitative estimate of drug-likeness (QED) is 0.846. The highest BCUT2D eigenvalue weighted by molar-refractivity contribution is 5.41.